The molecule has 0 unspecified atom stereocenters. The Morgan fingerprint density at radius 3 is 0.944 bits per heavy atom. The number of rotatable bonds is 9. The third-order valence-corrected chi connectivity index (χ3v) is 4.91. The average Bonchev–Trinajstić information content (AvgIpc) is 2.92. The maximum Gasteiger partial charge on any atom is 0.251 e. The van der Waals surface area contributed by atoms with Crippen molar-refractivity contribution in [3.05, 3.63) is 17.1 Å². The van der Waals surface area contributed by atoms with Crippen molar-refractivity contribution >= 4 is 33.1 Å². The van der Waals surface area contributed by atoms with Crippen LogP contribution in [0.3, 0.4) is 0 Å². The van der Waals surface area contributed by atoms with Crippen LogP contribution in [0.5, 0.6) is 17.6 Å². The van der Waals surface area contributed by atoms with Gasteiger partial charge in [0.2, 0.25) is 17.1 Å². The molecule has 0 bridgehead atoms. The number of nitriles is 3. The second kappa shape index (κ2) is 10.6. The Labute approximate surface area is 206 Å². The highest BCUT2D eigenvalue weighted by Gasteiger charge is 2.24. The highest BCUT2D eigenvalue weighted by Crippen LogP contribution is 2.34. The summed E-state index contributed by atoms with van der Waals surface area (Å²) in [5.41, 5.74) is 1.09. The number of nitrogens with zero attached hydrogens (tertiary/aromatic N) is 9. The quantitative estimate of drug-likeness (QED) is 0.317. The predicted octanol–water partition coefficient (Wildman–Crippen LogP) is 3.50. The molecule has 0 radical (unpaired) electrons. The van der Waals surface area contributed by atoms with E-state index in [1.807, 2.05) is 39.0 Å². The van der Waals surface area contributed by atoms with Crippen LogP contribution in [-0.2, 0) is 0 Å². The number of benzene rings is 1. The Kier molecular flexibility index (Phi) is 7.12. The summed E-state index contributed by atoms with van der Waals surface area (Å²) in [5, 5.41) is 29.1. The molecule has 4 rings (SSSR count). The van der Waals surface area contributed by atoms with Crippen molar-refractivity contribution in [2.75, 3.05) is 19.8 Å². The summed E-state index contributed by atoms with van der Waals surface area (Å²) in [5.74, 6) is 0.0922. The number of fused-ring (bicyclic) bond motifs is 6. The molecule has 0 aliphatic carbocycles. The molecule has 0 aliphatic rings. The summed E-state index contributed by atoms with van der Waals surface area (Å²) in [7, 11) is 0. The maximum absolute atomic E-state index is 9.69. The highest BCUT2D eigenvalue weighted by atomic mass is 16.5. The summed E-state index contributed by atoms with van der Waals surface area (Å²) in [6.45, 7) is 6.74. The first-order chi connectivity index (χ1) is 17.6. The third-order valence-electron chi connectivity index (χ3n) is 4.91. The van der Waals surface area contributed by atoms with E-state index < -0.39 is 0 Å². The fourth-order valence-corrected chi connectivity index (χ4v) is 3.37. The van der Waals surface area contributed by atoms with Gasteiger partial charge in [-0.3, -0.25) is 0 Å². The van der Waals surface area contributed by atoms with Gasteiger partial charge < -0.3 is 14.2 Å². The second-order valence-corrected chi connectivity index (χ2v) is 7.60. The topological polar surface area (TPSA) is 176 Å². The van der Waals surface area contributed by atoms with Crippen molar-refractivity contribution in [1.82, 2.24) is 29.9 Å². The van der Waals surface area contributed by atoms with E-state index in [9.17, 15) is 15.8 Å². The smallest absolute Gasteiger partial charge is 0.251 e. The first-order valence-electron chi connectivity index (χ1n) is 11.5. The molecule has 36 heavy (non-hydrogen) atoms. The summed E-state index contributed by atoms with van der Waals surface area (Å²) in [6, 6.07) is 5.99. The molecular weight excluding hydrogens is 462 g/mol. The number of hydrogen-bond donors (Lipinski definition) is 0. The van der Waals surface area contributed by atoms with Gasteiger partial charge in [0.15, 0.2) is 0 Å². The number of aromatic nitrogens is 6. The zero-order valence-corrected chi connectivity index (χ0v) is 20.0. The molecule has 3 heterocycles. The highest BCUT2D eigenvalue weighted by molar-refractivity contribution is 6.18. The van der Waals surface area contributed by atoms with E-state index in [2.05, 4.69) is 29.9 Å². The van der Waals surface area contributed by atoms with Crippen molar-refractivity contribution in [2.45, 2.75) is 40.0 Å². The fraction of sp³-hybridized carbons (Fsp3) is 0.375. The van der Waals surface area contributed by atoms with Crippen molar-refractivity contribution in [3.63, 3.8) is 0 Å². The molecular formula is C24H21N9O3. The van der Waals surface area contributed by atoms with Gasteiger partial charge in [-0.05, 0) is 19.3 Å². The molecule has 0 saturated heterocycles. The third kappa shape index (κ3) is 4.30. The molecule has 3 aromatic heterocycles. The molecule has 0 N–H and O–H groups in total. The second-order valence-electron chi connectivity index (χ2n) is 7.60. The van der Waals surface area contributed by atoms with Crippen LogP contribution in [0.2, 0.25) is 0 Å². The van der Waals surface area contributed by atoms with Gasteiger partial charge in [0, 0.05) is 0 Å². The average molecular weight is 483 g/mol. The van der Waals surface area contributed by atoms with Crippen molar-refractivity contribution < 1.29 is 14.2 Å². The van der Waals surface area contributed by atoms with Crippen molar-refractivity contribution in [3.8, 4) is 35.8 Å². The zero-order chi connectivity index (χ0) is 25.7. The van der Waals surface area contributed by atoms with E-state index in [0.29, 0.717) is 39.1 Å². The number of ether oxygens (including phenoxy) is 3. The Balaban J connectivity index is 2.18. The Morgan fingerprint density at radius 2 is 0.722 bits per heavy atom. The Bertz CT molecular complexity index is 1380. The SMILES string of the molecule is CCCOc1nc2c(nc1C#N)c1nc(OCCC)c(C#N)nc1c1nc(OCCC)c(C#N)nc21. The van der Waals surface area contributed by atoms with Gasteiger partial charge in [0.1, 0.15) is 51.3 Å². The van der Waals surface area contributed by atoms with Gasteiger partial charge in [-0.2, -0.15) is 15.8 Å². The van der Waals surface area contributed by atoms with E-state index in [0.717, 1.165) is 0 Å². The minimum Gasteiger partial charge on any atom is -0.476 e. The van der Waals surface area contributed by atoms with E-state index in [-0.39, 0.29) is 67.8 Å². The molecule has 0 atom stereocenters. The fourth-order valence-electron chi connectivity index (χ4n) is 3.37. The zero-order valence-electron chi connectivity index (χ0n) is 20.0. The van der Waals surface area contributed by atoms with Gasteiger partial charge >= 0.3 is 0 Å². The monoisotopic (exact) mass is 483 g/mol. The minimum atomic E-state index is -0.0462. The van der Waals surface area contributed by atoms with Crippen LogP contribution in [0.25, 0.3) is 33.1 Å². The minimum absolute atomic E-state index is 0.0307. The molecule has 12 heteroatoms. The van der Waals surface area contributed by atoms with Crippen LogP contribution < -0.4 is 14.2 Å². The summed E-state index contributed by atoms with van der Waals surface area (Å²) in [6.07, 6.45) is 2.08. The molecule has 1 aromatic carbocycles. The summed E-state index contributed by atoms with van der Waals surface area (Å²) >= 11 is 0. The van der Waals surface area contributed by atoms with E-state index in [1.165, 1.54) is 0 Å². The van der Waals surface area contributed by atoms with Crippen molar-refractivity contribution in [2.24, 2.45) is 0 Å². The van der Waals surface area contributed by atoms with Gasteiger partial charge in [-0.15, -0.1) is 0 Å². The standard InChI is InChI=1S/C24H21N9O3/c1-4-7-34-22-13(10-25)28-16-19(31-22)17-21(33-23(35-8-5-2)14(11-26)29-17)18-20(16)32-24(36-9-6-3)15(12-27)30-18/h4-9H2,1-3H3. The van der Waals surface area contributed by atoms with Crippen molar-refractivity contribution in [1.29, 1.82) is 15.8 Å². The lowest BCUT2D eigenvalue weighted by atomic mass is 10.1. The summed E-state index contributed by atoms with van der Waals surface area (Å²) in [4.78, 5) is 27.0. The maximum atomic E-state index is 9.69. The van der Waals surface area contributed by atoms with Crippen LogP contribution in [0.15, 0.2) is 0 Å². The lowest BCUT2D eigenvalue weighted by Crippen LogP contribution is -2.08. The molecule has 4 aromatic rings. The van der Waals surface area contributed by atoms with Crippen LogP contribution >= 0.6 is 0 Å². The first-order valence-corrected chi connectivity index (χ1v) is 11.5. The van der Waals surface area contributed by atoms with Crippen LogP contribution in [0.1, 0.15) is 57.1 Å². The molecule has 0 amide bonds. The van der Waals surface area contributed by atoms with E-state index in [4.69, 9.17) is 14.2 Å². The van der Waals surface area contributed by atoms with Gasteiger partial charge in [-0.25, -0.2) is 29.9 Å². The van der Waals surface area contributed by atoms with Crippen LogP contribution in [0, 0.1) is 34.0 Å². The van der Waals surface area contributed by atoms with E-state index >= 15 is 0 Å². The molecule has 0 saturated carbocycles. The van der Waals surface area contributed by atoms with Gasteiger partial charge in [-0.1, -0.05) is 20.8 Å². The molecule has 0 aliphatic heterocycles. The predicted molar refractivity (Wildman–Crippen MR) is 127 cm³/mol. The Morgan fingerprint density at radius 1 is 0.472 bits per heavy atom. The molecule has 180 valence electrons. The largest absolute Gasteiger partial charge is 0.476 e. The Hall–Kier alpha value is -4.89. The van der Waals surface area contributed by atoms with E-state index in [1.54, 1.807) is 0 Å². The summed E-state index contributed by atoms with van der Waals surface area (Å²) < 4.78 is 17.0. The lowest BCUT2D eigenvalue weighted by Gasteiger charge is -2.13. The van der Waals surface area contributed by atoms with Gasteiger partial charge in [0.05, 0.1) is 19.8 Å². The molecule has 12 nitrogen and oxygen atoms in total. The lowest BCUT2D eigenvalue weighted by molar-refractivity contribution is 0.303. The van der Waals surface area contributed by atoms with Gasteiger partial charge in [0.25, 0.3) is 17.6 Å². The normalized spacial score (nSPS) is 10.7. The first kappa shape index (κ1) is 24.2. The van der Waals surface area contributed by atoms with Crippen LogP contribution in [0.4, 0.5) is 0 Å². The van der Waals surface area contributed by atoms with Crippen LogP contribution in [-0.4, -0.2) is 49.7 Å². The molecule has 0 fully saturated rings. The molecule has 0 spiro atoms. The number of hydrogen-bond acceptors (Lipinski definition) is 12.